The van der Waals surface area contributed by atoms with Gasteiger partial charge in [-0.05, 0) is 25.1 Å². The van der Waals surface area contributed by atoms with Crippen LogP contribution in [0.25, 0.3) is 22.4 Å². The lowest BCUT2D eigenvalue weighted by Crippen LogP contribution is -2.27. The number of nitrogens with zero attached hydrogens (tertiary/aromatic N) is 3. The first-order valence-corrected chi connectivity index (χ1v) is 8.88. The first-order chi connectivity index (χ1) is 13.5. The standard InChI is InChI=1S/C20H15ClN4O3/c1-12-22-20(28-24-12)14-10-19(27)25(17-9-5-2-6-13(14)17)11-18(26)23-16-8-4-3-7-15(16)21/h2-10H,11H2,1H3,(H,23,26). The number of fused-ring (bicyclic) bond motifs is 1. The van der Waals surface area contributed by atoms with Gasteiger partial charge in [0.1, 0.15) is 6.54 Å². The molecule has 4 aromatic rings. The molecular formula is C20H15ClN4O3. The van der Waals surface area contributed by atoms with E-state index in [1.165, 1.54) is 10.6 Å². The van der Waals surface area contributed by atoms with Crippen molar-refractivity contribution in [2.45, 2.75) is 13.5 Å². The number of para-hydroxylation sites is 2. The molecule has 0 aliphatic rings. The van der Waals surface area contributed by atoms with Crippen molar-refractivity contribution < 1.29 is 9.32 Å². The molecule has 0 aliphatic heterocycles. The zero-order valence-electron chi connectivity index (χ0n) is 14.8. The van der Waals surface area contributed by atoms with Crippen LogP contribution in [0.3, 0.4) is 0 Å². The van der Waals surface area contributed by atoms with Gasteiger partial charge in [0.15, 0.2) is 5.82 Å². The molecule has 28 heavy (non-hydrogen) atoms. The quantitative estimate of drug-likeness (QED) is 0.570. The summed E-state index contributed by atoms with van der Waals surface area (Å²) in [6, 6.07) is 15.6. The van der Waals surface area contributed by atoms with Crippen molar-refractivity contribution in [2.75, 3.05) is 5.32 Å². The minimum Gasteiger partial charge on any atom is -0.334 e. The van der Waals surface area contributed by atoms with Crippen LogP contribution >= 0.6 is 11.6 Å². The minimum atomic E-state index is -0.360. The lowest BCUT2D eigenvalue weighted by atomic mass is 10.1. The van der Waals surface area contributed by atoms with Crippen molar-refractivity contribution in [1.82, 2.24) is 14.7 Å². The van der Waals surface area contributed by atoms with Crippen molar-refractivity contribution in [3.05, 3.63) is 75.8 Å². The number of benzene rings is 2. The van der Waals surface area contributed by atoms with Crippen LogP contribution in [-0.2, 0) is 11.3 Å². The Morgan fingerprint density at radius 3 is 2.68 bits per heavy atom. The second kappa shape index (κ2) is 7.28. The summed E-state index contributed by atoms with van der Waals surface area (Å²) >= 11 is 6.08. The van der Waals surface area contributed by atoms with Gasteiger partial charge in [-0.25, -0.2) is 0 Å². The van der Waals surface area contributed by atoms with Crippen LogP contribution in [0, 0.1) is 6.92 Å². The summed E-state index contributed by atoms with van der Waals surface area (Å²) in [5, 5.41) is 7.67. The molecule has 7 nitrogen and oxygen atoms in total. The second-order valence-corrected chi connectivity index (χ2v) is 6.58. The van der Waals surface area contributed by atoms with Crippen LogP contribution in [0.2, 0.25) is 5.02 Å². The Bertz CT molecular complexity index is 1250. The normalized spacial score (nSPS) is 10.9. The average molecular weight is 395 g/mol. The molecule has 140 valence electrons. The fourth-order valence-electron chi connectivity index (χ4n) is 2.98. The smallest absolute Gasteiger partial charge is 0.258 e. The Morgan fingerprint density at radius 2 is 1.93 bits per heavy atom. The molecule has 0 aliphatic carbocycles. The Hall–Kier alpha value is -3.45. The zero-order chi connectivity index (χ0) is 19.7. The number of amides is 1. The Labute approximate surface area is 164 Å². The zero-order valence-corrected chi connectivity index (χ0v) is 15.6. The van der Waals surface area contributed by atoms with E-state index >= 15 is 0 Å². The van der Waals surface area contributed by atoms with Crippen LogP contribution in [-0.4, -0.2) is 20.6 Å². The molecule has 0 fully saturated rings. The van der Waals surface area contributed by atoms with Crippen LogP contribution in [0.15, 0.2) is 63.9 Å². The molecule has 4 rings (SSSR count). The fraction of sp³-hybridized carbons (Fsp3) is 0.100. The number of halogens is 1. The van der Waals surface area contributed by atoms with Gasteiger partial charge in [0.05, 0.1) is 21.8 Å². The molecule has 0 radical (unpaired) electrons. The topological polar surface area (TPSA) is 90.0 Å². The van der Waals surface area contributed by atoms with Gasteiger partial charge in [-0.2, -0.15) is 4.98 Å². The lowest BCUT2D eigenvalue weighted by Gasteiger charge is -2.13. The predicted octanol–water partition coefficient (Wildman–Crippen LogP) is 3.65. The molecule has 0 saturated heterocycles. The molecular weight excluding hydrogens is 380 g/mol. The van der Waals surface area contributed by atoms with Crippen LogP contribution < -0.4 is 10.9 Å². The fourth-order valence-corrected chi connectivity index (χ4v) is 3.16. The number of aromatic nitrogens is 3. The highest BCUT2D eigenvalue weighted by molar-refractivity contribution is 6.33. The largest absolute Gasteiger partial charge is 0.334 e. The summed E-state index contributed by atoms with van der Waals surface area (Å²) in [5.74, 6) is 0.377. The maximum atomic E-state index is 12.8. The van der Waals surface area contributed by atoms with E-state index in [2.05, 4.69) is 15.5 Å². The predicted molar refractivity (Wildman–Crippen MR) is 106 cm³/mol. The van der Waals surface area contributed by atoms with E-state index in [1.54, 1.807) is 43.3 Å². The molecule has 2 aromatic carbocycles. The molecule has 1 N–H and O–H groups in total. The molecule has 0 bridgehead atoms. The SMILES string of the molecule is Cc1noc(-c2cc(=O)n(CC(=O)Nc3ccccc3Cl)c3ccccc23)n1. The van der Waals surface area contributed by atoms with Crippen molar-refractivity contribution >= 4 is 34.1 Å². The van der Waals surface area contributed by atoms with E-state index in [9.17, 15) is 9.59 Å². The number of hydrogen-bond donors (Lipinski definition) is 1. The summed E-state index contributed by atoms with van der Waals surface area (Å²) in [7, 11) is 0. The Kier molecular flexibility index (Phi) is 4.67. The second-order valence-electron chi connectivity index (χ2n) is 6.17. The summed E-state index contributed by atoms with van der Waals surface area (Å²) in [4.78, 5) is 29.5. The van der Waals surface area contributed by atoms with E-state index < -0.39 is 0 Å². The van der Waals surface area contributed by atoms with E-state index in [-0.39, 0.29) is 23.9 Å². The van der Waals surface area contributed by atoms with Crippen molar-refractivity contribution in [3.8, 4) is 11.5 Å². The third-order valence-corrected chi connectivity index (χ3v) is 4.56. The van der Waals surface area contributed by atoms with Gasteiger partial charge in [-0.3, -0.25) is 14.2 Å². The number of nitrogens with one attached hydrogen (secondary N) is 1. The molecule has 0 atom stereocenters. The summed E-state index contributed by atoms with van der Waals surface area (Å²) < 4.78 is 6.62. The molecule has 2 aromatic heterocycles. The Balaban J connectivity index is 1.74. The van der Waals surface area contributed by atoms with E-state index in [0.717, 1.165) is 5.39 Å². The Morgan fingerprint density at radius 1 is 1.18 bits per heavy atom. The molecule has 2 heterocycles. The number of anilines is 1. The van der Waals surface area contributed by atoms with Gasteiger partial charge in [0.2, 0.25) is 5.91 Å². The highest BCUT2D eigenvalue weighted by atomic mass is 35.5. The molecule has 0 spiro atoms. The van der Waals surface area contributed by atoms with E-state index in [1.807, 2.05) is 12.1 Å². The lowest BCUT2D eigenvalue weighted by molar-refractivity contribution is -0.116. The van der Waals surface area contributed by atoms with Crippen LogP contribution in [0.4, 0.5) is 5.69 Å². The maximum absolute atomic E-state index is 12.8. The number of aryl methyl sites for hydroxylation is 1. The summed E-state index contributed by atoms with van der Waals surface area (Å²) in [5.41, 5.74) is 1.27. The number of pyridine rings is 1. The number of carbonyl (C=O) groups excluding carboxylic acids is 1. The van der Waals surface area contributed by atoms with Crippen LogP contribution in [0.5, 0.6) is 0 Å². The summed E-state index contributed by atoms with van der Waals surface area (Å²) in [6.45, 7) is 1.54. The first kappa shape index (κ1) is 17.9. The maximum Gasteiger partial charge on any atom is 0.258 e. The number of carbonyl (C=O) groups is 1. The molecule has 1 amide bonds. The van der Waals surface area contributed by atoms with E-state index in [4.69, 9.17) is 16.1 Å². The van der Waals surface area contributed by atoms with Crippen molar-refractivity contribution in [2.24, 2.45) is 0 Å². The highest BCUT2D eigenvalue weighted by Crippen LogP contribution is 2.26. The monoisotopic (exact) mass is 394 g/mol. The molecule has 0 saturated carbocycles. The highest BCUT2D eigenvalue weighted by Gasteiger charge is 2.16. The van der Waals surface area contributed by atoms with Crippen molar-refractivity contribution in [3.63, 3.8) is 0 Å². The third-order valence-electron chi connectivity index (χ3n) is 4.23. The summed E-state index contributed by atoms with van der Waals surface area (Å²) in [6.07, 6.45) is 0. The van der Waals surface area contributed by atoms with Crippen LogP contribution in [0.1, 0.15) is 5.82 Å². The number of hydrogen-bond acceptors (Lipinski definition) is 5. The van der Waals surface area contributed by atoms with Gasteiger partial charge >= 0.3 is 0 Å². The van der Waals surface area contributed by atoms with Gasteiger partial charge in [0.25, 0.3) is 11.4 Å². The molecule has 0 unspecified atom stereocenters. The minimum absolute atomic E-state index is 0.159. The molecule has 8 heteroatoms. The van der Waals surface area contributed by atoms with Gasteiger partial charge in [-0.15, -0.1) is 0 Å². The van der Waals surface area contributed by atoms with Crippen molar-refractivity contribution in [1.29, 1.82) is 0 Å². The third kappa shape index (κ3) is 3.39. The number of rotatable bonds is 4. The van der Waals surface area contributed by atoms with Gasteiger partial charge in [0, 0.05) is 11.5 Å². The van der Waals surface area contributed by atoms with Gasteiger partial charge < -0.3 is 9.84 Å². The average Bonchev–Trinajstić information content (AvgIpc) is 3.12. The van der Waals surface area contributed by atoms with Gasteiger partial charge in [-0.1, -0.05) is 47.1 Å². The first-order valence-electron chi connectivity index (χ1n) is 8.50. The van der Waals surface area contributed by atoms with E-state index in [0.29, 0.717) is 27.6 Å².